The lowest BCUT2D eigenvalue weighted by atomic mass is 10.1. The van der Waals surface area contributed by atoms with Crippen molar-refractivity contribution in [1.29, 1.82) is 0 Å². The molecule has 0 aliphatic rings. The fraction of sp³-hybridized carbons (Fsp3) is 0.333. The van der Waals surface area contributed by atoms with Gasteiger partial charge in [0.25, 0.3) is 0 Å². The lowest BCUT2D eigenvalue weighted by Gasteiger charge is -2.17. The molecular weight excluding hydrogens is 272 g/mol. The van der Waals surface area contributed by atoms with Crippen LogP contribution in [-0.2, 0) is 4.74 Å². The molecule has 0 atom stereocenters. The van der Waals surface area contributed by atoms with Crippen LogP contribution in [0, 0.1) is 0 Å². The van der Waals surface area contributed by atoms with Gasteiger partial charge in [-0.1, -0.05) is 37.4 Å². The fourth-order valence-corrected chi connectivity index (χ4v) is 4.02. The van der Waals surface area contributed by atoms with Crippen molar-refractivity contribution in [1.82, 2.24) is 0 Å². The molecule has 1 rings (SSSR count). The van der Waals surface area contributed by atoms with Gasteiger partial charge in [-0.25, -0.2) is 4.79 Å². The van der Waals surface area contributed by atoms with Crippen LogP contribution in [0.2, 0.25) is 19.1 Å². The molecule has 0 unspecified atom stereocenters. The molecule has 0 radical (unpaired) electrons. The minimum Gasteiger partial charge on any atom is -0.462 e. The Morgan fingerprint density at radius 3 is 2.32 bits per heavy atom. The van der Waals surface area contributed by atoms with Gasteiger partial charge >= 0.3 is 5.97 Å². The maximum atomic E-state index is 11.5. The summed E-state index contributed by atoms with van der Waals surface area (Å²) in [6.45, 7) is 10.5. The molecule has 102 valence electrons. The van der Waals surface area contributed by atoms with Crippen LogP contribution >= 0.6 is 12.2 Å². The molecule has 0 spiro atoms. The minimum absolute atomic E-state index is 0.291. The number of esters is 1. The first-order valence-electron chi connectivity index (χ1n) is 6.33. The molecule has 0 fully saturated rings. The molecule has 0 saturated heterocycles. The summed E-state index contributed by atoms with van der Waals surface area (Å²) in [5.41, 5.74) is 3.62. The predicted octanol–water partition coefficient (Wildman–Crippen LogP) is 4.01. The summed E-state index contributed by atoms with van der Waals surface area (Å²) in [6, 6.07) is 8.22. The molecule has 1 aromatic rings. The first-order chi connectivity index (χ1) is 8.89. The van der Waals surface area contributed by atoms with Gasteiger partial charge in [-0.05, 0) is 30.7 Å². The molecular formula is C15H20O2SSi. The predicted molar refractivity (Wildman–Crippen MR) is 86.6 cm³/mol. The third-order valence-corrected chi connectivity index (χ3v) is 5.89. The Kier molecular flexibility index (Phi) is 5.63. The Morgan fingerprint density at radius 2 is 1.84 bits per heavy atom. The average Bonchev–Trinajstić information content (AvgIpc) is 2.38. The summed E-state index contributed by atoms with van der Waals surface area (Å²) in [5.74, 6) is -0.291. The van der Waals surface area contributed by atoms with Crippen molar-refractivity contribution in [2.24, 2.45) is 0 Å². The van der Waals surface area contributed by atoms with Crippen molar-refractivity contribution in [3.05, 3.63) is 47.7 Å². The van der Waals surface area contributed by atoms with Gasteiger partial charge < -0.3 is 4.74 Å². The van der Waals surface area contributed by atoms with Gasteiger partial charge in [0.15, 0.2) is 0 Å². The zero-order valence-corrected chi connectivity index (χ0v) is 13.5. The summed E-state index contributed by atoms with van der Waals surface area (Å²) in [4.78, 5) is 12.5. The van der Waals surface area contributed by atoms with Gasteiger partial charge in [0.2, 0.25) is 0 Å². The molecule has 4 heteroatoms. The van der Waals surface area contributed by atoms with E-state index in [-0.39, 0.29) is 5.97 Å². The number of carbonyl (C=O) groups excluding carboxylic acids is 1. The highest BCUT2D eigenvalue weighted by Crippen LogP contribution is 2.17. The Bertz CT molecular complexity index is 477. The highest BCUT2D eigenvalue weighted by molar-refractivity contribution is 7.81. The molecule has 0 amide bonds. The SMILES string of the molecule is C=C[Si](C)(C)CC(=S)c1ccc(C(=O)OCC)cc1. The van der Waals surface area contributed by atoms with Crippen molar-refractivity contribution in [3.8, 4) is 0 Å². The Labute approximate surface area is 121 Å². The molecule has 2 nitrogen and oxygen atoms in total. The summed E-state index contributed by atoms with van der Waals surface area (Å²) in [7, 11) is -1.44. The first-order valence-corrected chi connectivity index (χ1v) is 10.0. The van der Waals surface area contributed by atoms with Gasteiger partial charge in [-0.15, -0.1) is 12.3 Å². The van der Waals surface area contributed by atoms with E-state index < -0.39 is 8.07 Å². The van der Waals surface area contributed by atoms with Crippen LogP contribution in [-0.4, -0.2) is 25.5 Å². The van der Waals surface area contributed by atoms with E-state index in [1.165, 1.54) is 0 Å². The van der Waals surface area contributed by atoms with E-state index >= 15 is 0 Å². The highest BCUT2D eigenvalue weighted by atomic mass is 32.1. The number of rotatable bonds is 6. The monoisotopic (exact) mass is 292 g/mol. The summed E-state index contributed by atoms with van der Waals surface area (Å²) >= 11 is 5.47. The van der Waals surface area contributed by atoms with E-state index in [2.05, 4.69) is 19.7 Å². The summed E-state index contributed by atoms with van der Waals surface area (Å²) in [6.07, 6.45) is 0. The summed E-state index contributed by atoms with van der Waals surface area (Å²) in [5, 5.41) is 0. The standard InChI is InChI=1S/C15H20O2SSi/c1-5-17-15(16)13-9-7-12(8-10-13)14(18)11-19(3,4)6-2/h6-10H,2,5,11H2,1,3-4H3. The molecule has 0 saturated carbocycles. The van der Waals surface area contributed by atoms with Crippen molar-refractivity contribution >= 4 is 31.1 Å². The summed E-state index contributed by atoms with van der Waals surface area (Å²) < 4.78 is 4.95. The maximum Gasteiger partial charge on any atom is 0.338 e. The van der Waals surface area contributed by atoms with Gasteiger partial charge in [0.1, 0.15) is 0 Å². The number of benzene rings is 1. The van der Waals surface area contributed by atoms with Gasteiger partial charge in [-0.3, -0.25) is 0 Å². The molecule has 1 aromatic carbocycles. The maximum absolute atomic E-state index is 11.5. The van der Waals surface area contributed by atoms with Crippen molar-refractivity contribution in [2.75, 3.05) is 6.61 Å². The average molecular weight is 292 g/mol. The van der Waals surface area contributed by atoms with Crippen LogP contribution in [0.1, 0.15) is 22.8 Å². The normalized spacial score (nSPS) is 10.9. The van der Waals surface area contributed by atoms with Crippen LogP contribution < -0.4 is 0 Å². The minimum atomic E-state index is -1.44. The second kappa shape index (κ2) is 6.77. The lowest BCUT2D eigenvalue weighted by Crippen LogP contribution is -2.25. The third-order valence-electron chi connectivity index (χ3n) is 2.89. The Balaban J connectivity index is 2.79. The van der Waals surface area contributed by atoms with E-state index in [0.29, 0.717) is 12.2 Å². The van der Waals surface area contributed by atoms with E-state index in [4.69, 9.17) is 17.0 Å². The van der Waals surface area contributed by atoms with Crippen LogP contribution in [0.3, 0.4) is 0 Å². The zero-order valence-electron chi connectivity index (χ0n) is 11.7. The highest BCUT2D eigenvalue weighted by Gasteiger charge is 2.19. The molecule has 0 bridgehead atoms. The van der Waals surface area contributed by atoms with E-state index in [1.807, 2.05) is 17.8 Å². The largest absolute Gasteiger partial charge is 0.462 e. The number of hydrogen-bond donors (Lipinski definition) is 0. The fourth-order valence-electron chi connectivity index (χ4n) is 1.59. The van der Waals surface area contributed by atoms with Crippen LogP contribution in [0.15, 0.2) is 36.5 Å². The van der Waals surface area contributed by atoms with Crippen LogP contribution in [0.4, 0.5) is 0 Å². The Morgan fingerprint density at radius 1 is 1.32 bits per heavy atom. The van der Waals surface area contributed by atoms with Crippen LogP contribution in [0.5, 0.6) is 0 Å². The van der Waals surface area contributed by atoms with E-state index in [9.17, 15) is 4.79 Å². The van der Waals surface area contributed by atoms with E-state index in [0.717, 1.165) is 16.5 Å². The molecule has 0 N–H and O–H groups in total. The molecule has 0 heterocycles. The first kappa shape index (κ1) is 15.8. The molecule has 19 heavy (non-hydrogen) atoms. The van der Waals surface area contributed by atoms with Crippen molar-refractivity contribution in [3.63, 3.8) is 0 Å². The number of carbonyl (C=O) groups is 1. The zero-order chi connectivity index (χ0) is 14.5. The second-order valence-electron chi connectivity index (χ2n) is 5.09. The number of hydrogen-bond acceptors (Lipinski definition) is 3. The smallest absolute Gasteiger partial charge is 0.338 e. The number of ether oxygens (including phenoxy) is 1. The number of thiocarbonyl (C=S) groups is 1. The van der Waals surface area contributed by atoms with Crippen LogP contribution in [0.25, 0.3) is 0 Å². The van der Waals surface area contributed by atoms with Crippen molar-refractivity contribution in [2.45, 2.75) is 26.1 Å². The third kappa shape index (κ3) is 4.72. The van der Waals surface area contributed by atoms with Gasteiger partial charge in [0.05, 0.1) is 20.2 Å². The van der Waals surface area contributed by atoms with E-state index in [1.54, 1.807) is 19.1 Å². The second-order valence-corrected chi connectivity index (χ2v) is 10.3. The molecule has 0 aliphatic carbocycles. The lowest BCUT2D eigenvalue weighted by molar-refractivity contribution is 0.0526. The van der Waals surface area contributed by atoms with Gasteiger partial charge in [0, 0.05) is 4.86 Å². The molecule has 0 aliphatic heterocycles. The molecule has 0 aromatic heterocycles. The van der Waals surface area contributed by atoms with Gasteiger partial charge in [-0.2, -0.15) is 0 Å². The van der Waals surface area contributed by atoms with Crippen molar-refractivity contribution < 1.29 is 9.53 Å². The quantitative estimate of drug-likeness (QED) is 0.343. The topological polar surface area (TPSA) is 26.3 Å². The Hall–Kier alpha value is -1.26.